The van der Waals surface area contributed by atoms with Crippen molar-refractivity contribution in [2.75, 3.05) is 5.32 Å². The third kappa shape index (κ3) is 2.85. The maximum absolute atomic E-state index is 12.0. The van der Waals surface area contributed by atoms with Gasteiger partial charge in [0.15, 0.2) is 0 Å². The summed E-state index contributed by atoms with van der Waals surface area (Å²) < 4.78 is 0. The van der Waals surface area contributed by atoms with Crippen molar-refractivity contribution in [3.8, 4) is 0 Å². The summed E-state index contributed by atoms with van der Waals surface area (Å²) in [6.07, 6.45) is 1.60. The largest absolute Gasteiger partial charge is 0.477 e. The fraction of sp³-hybridized carbons (Fsp3) is 0.333. The number of thiophene rings is 1. The van der Waals surface area contributed by atoms with Crippen molar-refractivity contribution in [1.82, 2.24) is 15.2 Å². The van der Waals surface area contributed by atoms with Crippen LogP contribution in [-0.2, 0) is 6.42 Å². The normalized spacial score (nSPS) is 10.5. The lowest BCUT2D eigenvalue weighted by molar-refractivity contribution is 0.0703. The Bertz CT molecular complexity index is 647. The first-order valence-corrected chi connectivity index (χ1v) is 6.95. The fourth-order valence-electron chi connectivity index (χ4n) is 1.67. The summed E-state index contributed by atoms with van der Waals surface area (Å²) in [4.78, 5) is 27.2. The van der Waals surface area contributed by atoms with Gasteiger partial charge in [-0.25, -0.2) is 9.78 Å². The van der Waals surface area contributed by atoms with Crippen LogP contribution < -0.4 is 5.32 Å². The number of amides is 1. The number of aromatic amines is 1. The van der Waals surface area contributed by atoms with E-state index in [-0.39, 0.29) is 10.7 Å². The number of carbonyl (C=O) groups excluding carboxylic acids is 1. The van der Waals surface area contributed by atoms with Crippen LogP contribution in [0.25, 0.3) is 0 Å². The van der Waals surface area contributed by atoms with Crippen molar-refractivity contribution in [3.05, 3.63) is 27.5 Å². The maximum Gasteiger partial charge on any atom is 0.348 e. The van der Waals surface area contributed by atoms with E-state index in [9.17, 15) is 9.59 Å². The molecular formula is C12H14N4O3S. The van der Waals surface area contributed by atoms with Crippen molar-refractivity contribution in [2.45, 2.75) is 26.7 Å². The molecule has 0 spiro atoms. The highest BCUT2D eigenvalue weighted by atomic mass is 32.1. The van der Waals surface area contributed by atoms with Crippen LogP contribution >= 0.6 is 11.3 Å². The number of hydrogen-bond acceptors (Lipinski definition) is 5. The molecule has 0 fully saturated rings. The summed E-state index contributed by atoms with van der Waals surface area (Å²) in [5.41, 5.74) is 0.999. The third-order valence-electron chi connectivity index (χ3n) is 2.63. The van der Waals surface area contributed by atoms with Crippen molar-refractivity contribution in [1.29, 1.82) is 0 Å². The number of hydrogen-bond donors (Lipinski definition) is 3. The Morgan fingerprint density at radius 3 is 2.90 bits per heavy atom. The molecule has 0 atom stereocenters. The number of aromatic carboxylic acids is 1. The maximum atomic E-state index is 12.0. The van der Waals surface area contributed by atoms with Gasteiger partial charge in [0.05, 0.1) is 5.69 Å². The summed E-state index contributed by atoms with van der Waals surface area (Å²) in [6, 6.07) is 0. The number of aromatic nitrogens is 3. The molecule has 1 amide bonds. The zero-order chi connectivity index (χ0) is 14.7. The molecule has 0 radical (unpaired) electrons. The lowest BCUT2D eigenvalue weighted by Crippen LogP contribution is -2.16. The van der Waals surface area contributed by atoms with Crippen molar-refractivity contribution in [2.24, 2.45) is 0 Å². The van der Waals surface area contributed by atoms with E-state index in [1.54, 1.807) is 12.3 Å². The quantitative estimate of drug-likeness (QED) is 0.782. The van der Waals surface area contributed by atoms with Crippen molar-refractivity contribution < 1.29 is 14.7 Å². The van der Waals surface area contributed by atoms with E-state index in [2.05, 4.69) is 20.5 Å². The smallest absolute Gasteiger partial charge is 0.348 e. The van der Waals surface area contributed by atoms with E-state index in [0.717, 1.165) is 17.8 Å². The number of nitrogens with one attached hydrogen (secondary N) is 2. The zero-order valence-electron chi connectivity index (χ0n) is 11.1. The number of aryl methyl sites for hydroxylation is 2. The number of H-pyrrole nitrogens is 1. The highest BCUT2D eigenvalue weighted by molar-refractivity contribution is 7.12. The van der Waals surface area contributed by atoms with Crippen LogP contribution in [0.2, 0.25) is 0 Å². The molecule has 106 valence electrons. The van der Waals surface area contributed by atoms with Gasteiger partial charge in [-0.3, -0.25) is 9.89 Å². The SMILES string of the molecule is CCCc1nc(C(=O)Nc2c(C)csc2C(=O)O)n[nH]1. The monoisotopic (exact) mass is 294 g/mol. The Kier molecular flexibility index (Phi) is 4.14. The number of anilines is 1. The number of nitrogens with zero attached hydrogens (tertiary/aromatic N) is 2. The molecular weight excluding hydrogens is 280 g/mol. The van der Waals surface area contributed by atoms with Gasteiger partial charge in [-0.15, -0.1) is 16.4 Å². The molecule has 0 saturated heterocycles. The van der Waals surface area contributed by atoms with Gasteiger partial charge in [-0.2, -0.15) is 0 Å². The van der Waals surface area contributed by atoms with Crippen LogP contribution in [0.1, 0.15) is 45.0 Å². The molecule has 0 aliphatic carbocycles. The lowest BCUT2D eigenvalue weighted by atomic mass is 10.2. The summed E-state index contributed by atoms with van der Waals surface area (Å²) in [5.74, 6) is -0.943. The minimum absolute atomic E-state index is 0.00962. The van der Waals surface area contributed by atoms with Crippen LogP contribution in [0.5, 0.6) is 0 Å². The molecule has 0 unspecified atom stereocenters. The second-order valence-electron chi connectivity index (χ2n) is 4.24. The van der Waals surface area contributed by atoms with Crippen LogP contribution in [-0.4, -0.2) is 32.2 Å². The second kappa shape index (κ2) is 5.83. The van der Waals surface area contributed by atoms with Gasteiger partial charge >= 0.3 is 5.97 Å². The standard InChI is InChI=1S/C12H14N4O3S/c1-3-4-7-13-10(16-15-7)11(17)14-8-6(2)5-20-9(8)12(18)19/h5H,3-4H2,1-2H3,(H,14,17)(H,18,19)(H,13,15,16). The molecule has 2 heterocycles. The molecule has 2 aromatic heterocycles. The van der Waals surface area contributed by atoms with Crippen LogP contribution in [0.3, 0.4) is 0 Å². The van der Waals surface area contributed by atoms with Gasteiger partial charge in [0.1, 0.15) is 10.7 Å². The zero-order valence-corrected chi connectivity index (χ0v) is 11.9. The summed E-state index contributed by atoms with van der Waals surface area (Å²) >= 11 is 1.07. The molecule has 7 nitrogen and oxygen atoms in total. The lowest BCUT2D eigenvalue weighted by Gasteiger charge is -2.03. The predicted molar refractivity (Wildman–Crippen MR) is 74.3 cm³/mol. The Morgan fingerprint density at radius 2 is 2.25 bits per heavy atom. The van der Waals surface area contributed by atoms with E-state index in [1.165, 1.54) is 0 Å². The molecule has 0 aliphatic heterocycles. The summed E-state index contributed by atoms with van der Waals surface area (Å²) in [6.45, 7) is 3.73. The minimum atomic E-state index is -1.07. The van der Waals surface area contributed by atoms with Crippen molar-refractivity contribution in [3.63, 3.8) is 0 Å². The average molecular weight is 294 g/mol. The Labute approximate surface area is 119 Å². The second-order valence-corrected chi connectivity index (χ2v) is 5.12. The number of carboxylic acid groups (broad SMARTS) is 1. The molecule has 2 aromatic rings. The van der Waals surface area contributed by atoms with Crippen LogP contribution in [0, 0.1) is 6.92 Å². The first kappa shape index (κ1) is 14.2. The van der Waals surface area contributed by atoms with E-state index >= 15 is 0 Å². The average Bonchev–Trinajstić information content (AvgIpc) is 2.98. The number of carbonyl (C=O) groups is 2. The first-order chi connectivity index (χ1) is 9.52. The van der Waals surface area contributed by atoms with E-state index < -0.39 is 11.9 Å². The Morgan fingerprint density at radius 1 is 1.50 bits per heavy atom. The van der Waals surface area contributed by atoms with E-state index in [1.807, 2.05) is 6.92 Å². The van der Waals surface area contributed by atoms with Gasteiger partial charge in [0, 0.05) is 6.42 Å². The van der Waals surface area contributed by atoms with Crippen LogP contribution in [0.4, 0.5) is 5.69 Å². The first-order valence-electron chi connectivity index (χ1n) is 6.07. The number of rotatable bonds is 5. The molecule has 0 aromatic carbocycles. The summed E-state index contributed by atoms with van der Waals surface area (Å²) in [7, 11) is 0. The molecule has 0 saturated carbocycles. The Balaban J connectivity index is 2.19. The van der Waals surface area contributed by atoms with Gasteiger partial charge in [0.2, 0.25) is 5.82 Å². The fourth-order valence-corrected chi connectivity index (χ4v) is 2.51. The molecule has 0 aliphatic rings. The van der Waals surface area contributed by atoms with Crippen molar-refractivity contribution >= 4 is 28.9 Å². The molecule has 3 N–H and O–H groups in total. The molecule has 2 rings (SSSR count). The topological polar surface area (TPSA) is 108 Å². The third-order valence-corrected chi connectivity index (χ3v) is 3.72. The van der Waals surface area contributed by atoms with Gasteiger partial charge in [-0.1, -0.05) is 6.92 Å². The predicted octanol–water partition coefficient (Wildman–Crippen LogP) is 2.08. The van der Waals surface area contributed by atoms with Gasteiger partial charge in [-0.05, 0) is 24.3 Å². The highest BCUT2D eigenvalue weighted by Crippen LogP contribution is 2.27. The van der Waals surface area contributed by atoms with E-state index in [4.69, 9.17) is 5.11 Å². The molecule has 0 bridgehead atoms. The van der Waals surface area contributed by atoms with Gasteiger partial charge < -0.3 is 10.4 Å². The summed E-state index contributed by atoms with van der Waals surface area (Å²) in [5, 5.41) is 19.8. The Hall–Kier alpha value is -2.22. The van der Waals surface area contributed by atoms with E-state index in [0.29, 0.717) is 23.5 Å². The molecule has 8 heteroatoms. The van der Waals surface area contributed by atoms with Crippen LogP contribution in [0.15, 0.2) is 5.38 Å². The number of carboxylic acids is 1. The minimum Gasteiger partial charge on any atom is -0.477 e. The molecule has 20 heavy (non-hydrogen) atoms. The van der Waals surface area contributed by atoms with Gasteiger partial charge in [0.25, 0.3) is 5.91 Å². The highest BCUT2D eigenvalue weighted by Gasteiger charge is 2.20.